The maximum Gasteiger partial charge on any atom is 0.317 e. The molecule has 0 saturated heterocycles. The number of hydrogen-bond donors (Lipinski definition) is 1. The molecular formula is C19H27N3O2. The van der Waals surface area contributed by atoms with Crippen LogP contribution in [0.25, 0.3) is 0 Å². The van der Waals surface area contributed by atoms with Crippen molar-refractivity contribution in [2.24, 2.45) is 0 Å². The molecule has 1 aromatic rings. The van der Waals surface area contributed by atoms with Gasteiger partial charge in [0.25, 0.3) is 0 Å². The molecule has 1 aliphatic carbocycles. The fourth-order valence-electron chi connectivity index (χ4n) is 3.73. The molecule has 5 nitrogen and oxygen atoms in total. The first-order chi connectivity index (χ1) is 11.6. The number of carbonyl (C=O) groups excluding carboxylic acids is 2. The molecule has 1 saturated carbocycles. The molecular weight excluding hydrogens is 302 g/mol. The van der Waals surface area contributed by atoms with Gasteiger partial charge in [-0.05, 0) is 30.4 Å². The summed E-state index contributed by atoms with van der Waals surface area (Å²) in [4.78, 5) is 28.3. The topological polar surface area (TPSA) is 52.7 Å². The van der Waals surface area contributed by atoms with Gasteiger partial charge in [0.2, 0.25) is 5.91 Å². The minimum Gasteiger partial charge on any atom is -0.336 e. The average molecular weight is 329 g/mol. The third kappa shape index (κ3) is 3.89. The lowest BCUT2D eigenvalue weighted by molar-refractivity contribution is -0.131. The zero-order chi connectivity index (χ0) is 16.9. The summed E-state index contributed by atoms with van der Waals surface area (Å²) in [6, 6.07) is 8.43. The highest BCUT2D eigenvalue weighted by Gasteiger charge is 2.24. The second-order valence-corrected chi connectivity index (χ2v) is 6.90. The molecule has 0 bridgehead atoms. The Labute approximate surface area is 144 Å². The number of nitrogens with one attached hydrogen (secondary N) is 1. The number of nitrogens with zero attached hydrogens (tertiary/aromatic N) is 2. The fraction of sp³-hybridized carbons (Fsp3) is 0.579. The van der Waals surface area contributed by atoms with Gasteiger partial charge in [-0.25, -0.2) is 4.79 Å². The van der Waals surface area contributed by atoms with Crippen molar-refractivity contribution < 1.29 is 9.59 Å². The second kappa shape index (κ2) is 7.69. The third-order valence-corrected chi connectivity index (χ3v) is 5.32. The van der Waals surface area contributed by atoms with Gasteiger partial charge in [0, 0.05) is 26.2 Å². The summed E-state index contributed by atoms with van der Waals surface area (Å²) < 4.78 is 0. The monoisotopic (exact) mass is 329 g/mol. The minimum absolute atomic E-state index is 0.00472. The summed E-state index contributed by atoms with van der Waals surface area (Å²) in [6.07, 6.45) is 6.67. The third-order valence-electron chi connectivity index (χ3n) is 5.32. The molecule has 24 heavy (non-hydrogen) atoms. The van der Waals surface area contributed by atoms with E-state index in [1.807, 2.05) is 24.1 Å². The second-order valence-electron chi connectivity index (χ2n) is 6.90. The number of fused-ring (bicyclic) bond motifs is 1. The number of rotatable bonds is 3. The molecule has 0 atom stereocenters. The van der Waals surface area contributed by atoms with E-state index >= 15 is 0 Å². The van der Waals surface area contributed by atoms with E-state index in [2.05, 4.69) is 17.4 Å². The van der Waals surface area contributed by atoms with Crippen molar-refractivity contribution in [3.05, 3.63) is 35.4 Å². The molecule has 0 spiro atoms. The van der Waals surface area contributed by atoms with Crippen LogP contribution in [0.15, 0.2) is 24.3 Å². The van der Waals surface area contributed by atoms with Crippen molar-refractivity contribution in [1.82, 2.24) is 15.1 Å². The highest BCUT2D eigenvalue weighted by atomic mass is 16.2. The first-order valence-corrected chi connectivity index (χ1v) is 9.00. The van der Waals surface area contributed by atoms with Gasteiger partial charge in [-0.1, -0.05) is 43.5 Å². The number of hydrogen-bond acceptors (Lipinski definition) is 2. The van der Waals surface area contributed by atoms with E-state index in [4.69, 9.17) is 0 Å². The summed E-state index contributed by atoms with van der Waals surface area (Å²) in [5, 5.41) is 2.80. The molecule has 0 aromatic heterocycles. The zero-order valence-electron chi connectivity index (χ0n) is 14.5. The van der Waals surface area contributed by atoms with Gasteiger partial charge in [-0.15, -0.1) is 0 Å². The molecule has 1 N–H and O–H groups in total. The van der Waals surface area contributed by atoms with Crippen LogP contribution in [0, 0.1) is 0 Å². The van der Waals surface area contributed by atoms with Crippen molar-refractivity contribution in [3.63, 3.8) is 0 Å². The molecule has 130 valence electrons. The SMILES string of the molecule is CN(C(=O)NCC(=O)N1CCc2ccccc2C1)C1CCCCC1. The first kappa shape index (κ1) is 16.8. The van der Waals surface area contributed by atoms with E-state index in [-0.39, 0.29) is 18.5 Å². The Bertz CT molecular complexity index is 596. The van der Waals surface area contributed by atoms with Crippen molar-refractivity contribution in [2.75, 3.05) is 20.1 Å². The zero-order valence-corrected chi connectivity index (χ0v) is 14.5. The summed E-state index contributed by atoms with van der Waals surface area (Å²) in [6.45, 7) is 1.45. The molecule has 2 aliphatic rings. The van der Waals surface area contributed by atoms with Gasteiger partial charge in [-0.2, -0.15) is 0 Å². The Morgan fingerprint density at radius 2 is 1.88 bits per heavy atom. The van der Waals surface area contributed by atoms with E-state index in [1.165, 1.54) is 30.4 Å². The molecule has 0 radical (unpaired) electrons. The molecule has 1 aliphatic heterocycles. The van der Waals surface area contributed by atoms with E-state index in [0.29, 0.717) is 12.6 Å². The van der Waals surface area contributed by atoms with Crippen LogP contribution >= 0.6 is 0 Å². The summed E-state index contributed by atoms with van der Waals surface area (Å²) >= 11 is 0. The summed E-state index contributed by atoms with van der Waals surface area (Å²) in [5.41, 5.74) is 2.53. The van der Waals surface area contributed by atoms with E-state index < -0.39 is 0 Å². The Kier molecular flexibility index (Phi) is 5.38. The van der Waals surface area contributed by atoms with E-state index in [9.17, 15) is 9.59 Å². The van der Waals surface area contributed by atoms with Gasteiger partial charge < -0.3 is 15.1 Å². The Hall–Kier alpha value is -2.04. The van der Waals surface area contributed by atoms with Crippen molar-refractivity contribution in [3.8, 4) is 0 Å². The highest BCUT2D eigenvalue weighted by molar-refractivity contribution is 5.84. The molecule has 3 rings (SSSR count). The van der Waals surface area contributed by atoms with Crippen molar-refractivity contribution in [1.29, 1.82) is 0 Å². The van der Waals surface area contributed by atoms with Gasteiger partial charge in [0.1, 0.15) is 0 Å². The van der Waals surface area contributed by atoms with Gasteiger partial charge >= 0.3 is 6.03 Å². The lowest BCUT2D eigenvalue weighted by Crippen LogP contribution is -2.48. The number of carbonyl (C=O) groups is 2. The quantitative estimate of drug-likeness (QED) is 0.926. The number of amides is 3. The molecule has 0 unspecified atom stereocenters. The number of benzene rings is 1. The largest absolute Gasteiger partial charge is 0.336 e. The molecule has 1 heterocycles. The summed E-state index contributed by atoms with van der Waals surface area (Å²) in [5.74, 6) is -0.00472. The Morgan fingerprint density at radius 3 is 2.62 bits per heavy atom. The van der Waals surface area contributed by atoms with Gasteiger partial charge in [0.05, 0.1) is 6.54 Å². The molecule has 5 heteroatoms. The maximum atomic E-state index is 12.4. The van der Waals surface area contributed by atoms with Crippen LogP contribution < -0.4 is 5.32 Å². The maximum absolute atomic E-state index is 12.4. The fourth-order valence-corrected chi connectivity index (χ4v) is 3.73. The lowest BCUT2D eigenvalue weighted by atomic mass is 9.95. The first-order valence-electron chi connectivity index (χ1n) is 9.00. The van der Waals surface area contributed by atoms with E-state index in [1.54, 1.807) is 4.90 Å². The van der Waals surface area contributed by atoms with Crippen LogP contribution in [0.1, 0.15) is 43.2 Å². The van der Waals surface area contributed by atoms with E-state index in [0.717, 1.165) is 25.8 Å². The van der Waals surface area contributed by atoms with Gasteiger partial charge in [-0.3, -0.25) is 4.79 Å². The standard InChI is InChI=1S/C19H27N3O2/c1-21(17-9-3-2-4-10-17)19(24)20-13-18(23)22-12-11-15-7-5-6-8-16(15)14-22/h5-8,17H,2-4,9-14H2,1H3,(H,20,24). The normalized spacial score (nSPS) is 18.0. The predicted molar refractivity (Wildman–Crippen MR) is 93.6 cm³/mol. The van der Waals surface area contributed by atoms with Crippen molar-refractivity contribution in [2.45, 2.75) is 51.1 Å². The average Bonchev–Trinajstić information content (AvgIpc) is 2.65. The van der Waals surface area contributed by atoms with Crippen LogP contribution in [0.5, 0.6) is 0 Å². The molecule has 1 aromatic carbocycles. The van der Waals surface area contributed by atoms with Crippen LogP contribution in [0.3, 0.4) is 0 Å². The minimum atomic E-state index is -0.132. The summed E-state index contributed by atoms with van der Waals surface area (Å²) in [7, 11) is 1.84. The molecule has 3 amide bonds. The van der Waals surface area contributed by atoms with Gasteiger partial charge in [0.15, 0.2) is 0 Å². The van der Waals surface area contributed by atoms with Crippen LogP contribution in [0.2, 0.25) is 0 Å². The predicted octanol–water partition coefficient (Wildman–Crippen LogP) is 2.55. The Morgan fingerprint density at radius 1 is 1.17 bits per heavy atom. The highest BCUT2D eigenvalue weighted by Crippen LogP contribution is 2.21. The smallest absolute Gasteiger partial charge is 0.317 e. The van der Waals surface area contributed by atoms with Crippen LogP contribution in [0.4, 0.5) is 4.79 Å². The molecule has 1 fully saturated rings. The number of urea groups is 1. The van der Waals surface area contributed by atoms with Crippen LogP contribution in [-0.2, 0) is 17.8 Å². The van der Waals surface area contributed by atoms with Crippen LogP contribution in [-0.4, -0.2) is 47.9 Å². The Balaban J connectivity index is 1.48. The lowest BCUT2D eigenvalue weighted by Gasteiger charge is -2.32. The van der Waals surface area contributed by atoms with Crippen molar-refractivity contribution >= 4 is 11.9 Å².